The highest BCUT2D eigenvalue weighted by molar-refractivity contribution is 7.10. The highest BCUT2D eigenvalue weighted by Crippen LogP contribution is 2.37. The molecule has 3 aromatic rings. The summed E-state index contributed by atoms with van der Waals surface area (Å²) in [7, 11) is 0. The van der Waals surface area contributed by atoms with Crippen LogP contribution >= 0.6 is 11.3 Å². The molecule has 0 spiro atoms. The molecule has 5 heteroatoms. The fourth-order valence-electron chi connectivity index (χ4n) is 5.25. The number of carbonyl (C=O) groups is 2. The summed E-state index contributed by atoms with van der Waals surface area (Å²) in [6.07, 6.45) is 6.83. The van der Waals surface area contributed by atoms with Crippen molar-refractivity contribution < 1.29 is 9.59 Å². The van der Waals surface area contributed by atoms with Crippen molar-refractivity contribution in [1.82, 2.24) is 9.80 Å². The monoisotopic (exact) mass is 516 g/mol. The molecule has 37 heavy (non-hydrogen) atoms. The first-order chi connectivity index (χ1) is 18.0. The first kappa shape index (κ1) is 27.1. The second-order valence-corrected chi connectivity index (χ2v) is 11.5. The van der Waals surface area contributed by atoms with E-state index in [0.29, 0.717) is 18.7 Å². The molecule has 0 bridgehead atoms. The Kier molecular flexibility index (Phi) is 9.56. The fraction of sp³-hybridized carbons (Fsp3) is 0.438. The first-order valence-electron chi connectivity index (χ1n) is 13.8. The van der Waals surface area contributed by atoms with Gasteiger partial charge in [0.15, 0.2) is 0 Å². The standard InChI is InChI=1S/C32H40N2O2S/c1-4-5-6-8-11-25-14-16-27(17-15-25)32(36)33(22-24(2)3)23-30(35)34-20-18-29-28(19-21-37-29)31(34)26-12-9-7-10-13-26/h7,9-10,12-17,19,21,24,31H,4-6,8,11,18,20,22-23H2,1-3H3/t31-/m0/s1. The number of rotatable bonds is 11. The summed E-state index contributed by atoms with van der Waals surface area (Å²) in [4.78, 5) is 32.4. The smallest absolute Gasteiger partial charge is 0.254 e. The third kappa shape index (κ3) is 6.89. The van der Waals surface area contributed by atoms with Gasteiger partial charge in [-0.25, -0.2) is 0 Å². The second kappa shape index (κ2) is 13.0. The lowest BCUT2D eigenvalue weighted by atomic mass is 9.93. The predicted molar refractivity (Wildman–Crippen MR) is 153 cm³/mol. The molecule has 0 saturated heterocycles. The van der Waals surface area contributed by atoms with E-state index in [1.54, 1.807) is 16.2 Å². The molecule has 0 N–H and O–H groups in total. The van der Waals surface area contributed by atoms with Gasteiger partial charge in [0, 0.05) is 23.5 Å². The van der Waals surface area contributed by atoms with Gasteiger partial charge in [0.1, 0.15) is 6.54 Å². The van der Waals surface area contributed by atoms with E-state index in [1.807, 2.05) is 35.2 Å². The maximum atomic E-state index is 13.8. The van der Waals surface area contributed by atoms with Gasteiger partial charge in [0.2, 0.25) is 5.91 Å². The zero-order valence-corrected chi connectivity index (χ0v) is 23.3. The summed E-state index contributed by atoms with van der Waals surface area (Å²) < 4.78 is 0. The lowest BCUT2D eigenvalue weighted by molar-refractivity contribution is -0.134. The van der Waals surface area contributed by atoms with Gasteiger partial charge in [0.05, 0.1) is 6.04 Å². The largest absolute Gasteiger partial charge is 0.330 e. The Morgan fingerprint density at radius 2 is 1.76 bits per heavy atom. The minimum Gasteiger partial charge on any atom is -0.330 e. The van der Waals surface area contributed by atoms with Crippen LogP contribution in [0.4, 0.5) is 0 Å². The number of amides is 2. The van der Waals surface area contributed by atoms with Crippen LogP contribution in [0.3, 0.4) is 0 Å². The maximum absolute atomic E-state index is 13.8. The third-order valence-electron chi connectivity index (χ3n) is 7.12. The first-order valence-corrected chi connectivity index (χ1v) is 14.6. The van der Waals surface area contributed by atoms with E-state index in [0.717, 1.165) is 18.4 Å². The van der Waals surface area contributed by atoms with Crippen molar-refractivity contribution in [2.75, 3.05) is 19.6 Å². The number of fused-ring (bicyclic) bond motifs is 1. The van der Waals surface area contributed by atoms with Crippen molar-refractivity contribution in [3.8, 4) is 0 Å². The number of carbonyl (C=O) groups excluding carboxylic acids is 2. The van der Waals surface area contributed by atoms with Gasteiger partial charge < -0.3 is 9.80 Å². The molecule has 1 aliphatic rings. The number of benzene rings is 2. The van der Waals surface area contributed by atoms with Crippen LogP contribution in [-0.4, -0.2) is 41.2 Å². The molecule has 1 atom stereocenters. The van der Waals surface area contributed by atoms with E-state index in [9.17, 15) is 9.59 Å². The van der Waals surface area contributed by atoms with Gasteiger partial charge in [-0.05, 0) is 65.4 Å². The zero-order valence-electron chi connectivity index (χ0n) is 22.5. The van der Waals surface area contributed by atoms with Crippen molar-refractivity contribution in [2.24, 2.45) is 5.92 Å². The number of nitrogens with zero attached hydrogens (tertiary/aromatic N) is 2. The molecular formula is C32H40N2O2S. The Bertz CT molecular complexity index is 1150. The van der Waals surface area contributed by atoms with Crippen LogP contribution in [0.15, 0.2) is 66.0 Å². The number of unbranched alkanes of at least 4 members (excludes halogenated alkanes) is 3. The van der Waals surface area contributed by atoms with Gasteiger partial charge in [-0.3, -0.25) is 9.59 Å². The van der Waals surface area contributed by atoms with Gasteiger partial charge in [-0.15, -0.1) is 11.3 Å². The van der Waals surface area contributed by atoms with Gasteiger partial charge >= 0.3 is 0 Å². The van der Waals surface area contributed by atoms with Crippen LogP contribution in [0.2, 0.25) is 0 Å². The Hall–Kier alpha value is -2.92. The molecule has 196 valence electrons. The van der Waals surface area contributed by atoms with Crippen LogP contribution in [0.1, 0.15) is 84.4 Å². The quantitative estimate of drug-likeness (QED) is 0.254. The second-order valence-electron chi connectivity index (χ2n) is 10.5. The van der Waals surface area contributed by atoms with Crippen LogP contribution < -0.4 is 0 Å². The summed E-state index contributed by atoms with van der Waals surface area (Å²) in [5.41, 5.74) is 4.26. The highest BCUT2D eigenvalue weighted by atomic mass is 32.1. The molecule has 2 heterocycles. The molecule has 0 saturated carbocycles. The van der Waals surface area contributed by atoms with Gasteiger partial charge in [-0.1, -0.05) is 82.5 Å². The molecular weight excluding hydrogens is 476 g/mol. The number of hydrogen-bond acceptors (Lipinski definition) is 3. The molecule has 1 aliphatic heterocycles. The average Bonchev–Trinajstić information content (AvgIpc) is 3.39. The summed E-state index contributed by atoms with van der Waals surface area (Å²) >= 11 is 1.77. The molecule has 0 aliphatic carbocycles. The molecule has 4 nitrogen and oxygen atoms in total. The van der Waals surface area contributed by atoms with Crippen LogP contribution in [0.25, 0.3) is 0 Å². The molecule has 1 aromatic heterocycles. The van der Waals surface area contributed by atoms with Crippen LogP contribution in [0.5, 0.6) is 0 Å². The van der Waals surface area contributed by atoms with Crippen molar-refractivity contribution in [3.63, 3.8) is 0 Å². The minimum atomic E-state index is -0.105. The zero-order chi connectivity index (χ0) is 26.2. The topological polar surface area (TPSA) is 40.6 Å². The molecule has 0 fully saturated rings. The summed E-state index contributed by atoms with van der Waals surface area (Å²) in [6.45, 7) is 7.73. The average molecular weight is 517 g/mol. The van der Waals surface area contributed by atoms with E-state index in [1.165, 1.54) is 41.7 Å². The maximum Gasteiger partial charge on any atom is 0.254 e. The van der Waals surface area contributed by atoms with E-state index in [4.69, 9.17) is 0 Å². The van der Waals surface area contributed by atoms with E-state index in [2.05, 4.69) is 56.5 Å². The SMILES string of the molecule is CCCCCCc1ccc(C(=O)N(CC(=O)N2CCc3sccc3[C@@H]2c2ccccc2)CC(C)C)cc1. The van der Waals surface area contributed by atoms with Crippen molar-refractivity contribution in [3.05, 3.63) is 93.2 Å². The number of hydrogen-bond donors (Lipinski definition) is 0. The predicted octanol–water partition coefficient (Wildman–Crippen LogP) is 7.14. The number of thiophene rings is 1. The van der Waals surface area contributed by atoms with E-state index >= 15 is 0 Å². The van der Waals surface area contributed by atoms with Crippen molar-refractivity contribution in [1.29, 1.82) is 0 Å². The summed E-state index contributed by atoms with van der Waals surface area (Å²) in [5.74, 6) is 0.209. The number of aryl methyl sites for hydroxylation is 1. The van der Waals surface area contributed by atoms with Gasteiger partial charge in [-0.2, -0.15) is 0 Å². The Morgan fingerprint density at radius 3 is 2.46 bits per heavy atom. The Balaban J connectivity index is 1.50. The van der Waals surface area contributed by atoms with Gasteiger partial charge in [0.25, 0.3) is 5.91 Å². The highest BCUT2D eigenvalue weighted by Gasteiger charge is 2.34. The third-order valence-corrected chi connectivity index (χ3v) is 8.12. The van der Waals surface area contributed by atoms with Crippen LogP contribution in [-0.2, 0) is 17.6 Å². The van der Waals surface area contributed by atoms with E-state index < -0.39 is 0 Å². The van der Waals surface area contributed by atoms with Crippen LogP contribution in [0, 0.1) is 5.92 Å². The van der Waals surface area contributed by atoms with Crippen molar-refractivity contribution >= 4 is 23.2 Å². The fourth-order valence-corrected chi connectivity index (χ4v) is 6.15. The van der Waals surface area contributed by atoms with Crippen molar-refractivity contribution in [2.45, 2.75) is 65.3 Å². The Morgan fingerprint density at radius 1 is 1.00 bits per heavy atom. The lowest BCUT2D eigenvalue weighted by Crippen LogP contribution is -2.47. The molecule has 2 amide bonds. The minimum absolute atomic E-state index is 0.00671. The molecule has 0 radical (unpaired) electrons. The summed E-state index contributed by atoms with van der Waals surface area (Å²) in [6, 6.07) is 20.3. The molecule has 2 aromatic carbocycles. The molecule has 0 unspecified atom stereocenters. The summed E-state index contributed by atoms with van der Waals surface area (Å²) in [5, 5.41) is 2.12. The lowest BCUT2D eigenvalue weighted by Gasteiger charge is -2.38. The van der Waals surface area contributed by atoms with E-state index in [-0.39, 0.29) is 30.3 Å². The normalized spacial score (nSPS) is 15.0. The molecule has 4 rings (SSSR count). The Labute approximate surface area is 226 Å².